The largest absolute Gasteiger partial charge is 0.337 e. The van der Waals surface area contributed by atoms with Gasteiger partial charge in [0, 0.05) is 12.6 Å². The summed E-state index contributed by atoms with van der Waals surface area (Å²) in [7, 11) is 0. The van der Waals surface area contributed by atoms with Crippen LogP contribution in [0.2, 0.25) is 0 Å². The predicted molar refractivity (Wildman–Crippen MR) is 65.4 cm³/mol. The Labute approximate surface area is 102 Å². The first-order chi connectivity index (χ1) is 8.22. The second-order valence-electron chi connectivity index (χ2n) is 4.31. The van der Waals surface area contributed by atoms with Gasteiger partial charge in [0.2, 0.25) is 0 Å². The monoisotopic (exact) mass is 242 g/mol. The standard InChI is InChI=1S/C11H22N4O2/c1-2-8-12-10(16)14-15-11(17)13-9-6-4-3-5-7-9/h9H,2-8H2,1H3,(H2,12,14,16)(H2,13,15,17). The third-order valence-electron chi connectivity index (χ3n) is 2.77. The molecule has 1 aliphatic carbocycles. The van der Waals surface area contributed by atoms with Crippen LogP contribution in [0.5, 0.6) is 0 Å². The number of rotatable bonds is 3. The first-order valence-corrected chi connectivity index (χ1v) is 6.32. The molecule has 1 rings (SSSR count). The summed E-state index contributed by atoms with van der Waals surface area (Å²) in [5.74, 6) is 0. The van der Waals surface area contributed by atoms with Gasteiger partial charge in [-0.05, 0) is 19.3 Å². The van der Waals surface area contributed by atoms with Gasteiger partial charge in [-0.25, -0.2) is 20.4 Å². The second-order valence-corrected chi connectivity index (χ2v) is 4.31. The van der Waals surface area contributed by atoms with Crippen LogP contribution in [0, 0.1) is 0 Å². The third-order valence-corrected chi connectivity index (χ3v) is 2.77. The van der Waals surface area contributed by atoms with Gasteiger partial charge in [0.1, 0.15) is 0 Å². The number of nitrogens with one attached hydrogen (secondary N) is 4. The van der Waals surface area contributed by atoms with Crippen molar-refractivity contribution in [3.05, 3.63) is 0 Å². The van der Waals surface area contributed by atoms with Gasteiger partial charge < -0.3 is 10.6 Å². The van der Waals surface area contributed by atoms with Crippen LogP contribution in [0.25, 0.3) is 0 Å². The summed E-state index contributed by atoms with van der Waals surface area (Å²) in [4.78, 5) is 22.6. The van der Waals surface area contributed by atoms with E-state index in [0.717, 1.165) is 32.1 Å². The van der Waals surface area contributed by atoms with Crippen molar-refractivity contribution >= 4 is 12.1 Å². The van der Waals surface area contributed by atoms with Crippen molar-refractivity contribution < 1.29 is 9.59 Å². The highest BCUT2D eigenvalue weighted by atomic mass is 16.2. The van der Waals surface area contributed by atoms with Crippen molar-refractivity contribution in [2.45, 2.75) is 51.5 Å². The van der Waals surface area contributed by atoms with Gasteiger partial charge in [0.15, 0.2) is 0 Å². The molecular weight excluding hydrogens is 220 g/mol. The molecule has 6 nitrogen and oxygen atoms in total. The second kappa shape index (κ2) is 7.76. The van der Waals surface area contributed by atoms with E-state index in [1.54, 1.807) is 0 Å². The first kappa shape index (κ1) is 13.6. The summed E-state index contributed by atoms with van der Waals surface area (Å²) in [6.45, 7) is 2.56. The number of carbonyl (C=O) groups excluding carboxylic acids is 2. The normalized spacial score (nSPS) is 16.1. The number of carbonyl (C=O) groups is 2. The van der Waals surface area contributed by atoms with Gasteiger partial charge in [-0.1, -0.05) is 26.2 Å². The molecule has 0 atom stereocenters. The van der Waals surface area contributed by atoms with Gasteiger partial charge in [-0.3, -0.25) is 0 Å². The van der Waals surface area contributed by atoms with E-state index in [2.05, 4.69) is 21.5 Å². The Balaban J connectivity index is 2.09. The smallest absolute Gasteiger partial charge is 0.333 e. The van der Waals surface area contributed by atoms with E-state index in [0.29, 0.717) is 6.54 Å². The number of hydrazine groups is 1. The lowest BCUT2D eigenvalue weighted by Crippen LogP contribution is -2.52. The lowest BCUT2D eigenvalue weighted by atomic mass is 9.96. The Morgan fingerprint density at radius 1 is 1.06 bits per heavy atom. The van der Waals surface area contributed by atoms with Crippen LogP contribution >= 0.6 is 0 Å². The van der Waals surface area contributed by atoms with Crippen molar-refractivity contribution in [2.24, 2.45) is 0 Å². The SMILES string of the molecule is CCCNC(=O)NNC(=O)NC1CCCCC1. The lowest BCUT2D eigenvalue weighted by Gasteiger charge is -2.22. The highest BCUT2D eigenvalue weighted by Gasteiger charge is 2.15. The topological polar surface area (TPSA) is 82.3 Å². The molecule has 0 aliphatic heterocycles. The van der Waals surface area contributed by atoms with Crippen molar-refractivity contribution in [2.75, 3.05) is 6.54 Å². The molecule has 0 radical (unpaired) electrons. The fraction of sp³-hybridized carbons (Fsp3) is 0.818. The molecule has 1 saturated carbocycles. The maximum Gasteiger partial charge on any atom is 0.333 e. The molecule has 0 aromatic carbocycles. The summed E-state index contributed by atoms with van der Waals surface area (Å²) in [5, 5.41) is 5.44. The highest BCUT2D eigenvalue weighted by Crippen LogP contribution is 2.16. The Bertz CT molecular complexity index is 252. The maximum absolute atomic E-state index is 11.4. The van der Waals surface area contributed by atoms with E-state index in [4.69, 9.17) is 0 Å². The van der Waals surface area contributed by atoms with Crippen molar-refractivity contribution in [3.63, 3.8) is 0 Å². The molecule has 4 N–H and O–H groups in total. The van der Waals surface area contributed by atoms with E-state index in [9.17, 15) is 9.59 Å². The molecule has 0 spiro atoms. The maximum atomic E-state index is 11.4. The first-order valence-electron chi connectivity index (χ1n) is 6.32. The fourth-order valence-electron chi connectivity index (χ4n) is 1.86. The van der Waals surface area contributed by atoms with Crippen molar-refractivity contribution in [1.82, 2.24) is 21.5 Å². The zero-order chi connectivity index (χ0) is 12.5. The van der Waals surface area contributed by atoms with E-state index >= 15 is 0 Å². The zero-order valence-electron chi connectivity index (χ0n) is 10.3. The summed E-state index contributed by atoms with van der Waals surface area (Å²) in [6.07, 6.45) is 6.48. The van der Waals surface area contributed by atoms with Gasteiger partial charge in [0.05, 0.1) is 0 Å². The number of hydrogen-bond donors (Lipinski definition) is 4. The minimum absolute atomic E-state index is 0.240. The van der Waals surface area contributed by atoms with E-state index in [1.807, 2.05) is 6.92 Å². The van der Waals surface area contributed by atoms with Gasteiger partial charge in [-0.2, -0.15) is 0 Å². The zero-order valence-corrected chi connectivity index (χ0v) is 10.3. The van der Waals surface area contributed by atoms with E-state index in [1.165, 1.54) is 6.42 Å². The van der Waals surface area contributed by atoms with Gasteiger partial charge in [0.25, 0.3) is 0 Å². The molecule has 0 unspecified atom stereocenters. The summed E-state index contributed by atoms with van der Waals surface area (Å²) in [6, 6.07) is -0.488. The highest BCUT2D eigenvalue weighted by molar-refractivity contribution is 5.80. The predicted octanol–water partition coefficient (Wildman–Crippen LogP) is 1.24. The molecule has 0 heterocycles. The quantitative estimate of drug-likeness (QED) is 0.562. The summed E-state index contributed by atoms with van der Waals surface area (Å²) < 4.78 is 0. The molecule has 4 amide bonds. The number of hydrogen-bond acceptors (Lipinski definition) is 2. The van der Waals surface area contributed by atoms with Gasteiger partial charge >= 0.3 is 12.1 Å². The van der Waals surface area contributed by atoms with E-state index in [-0.39, 0.29) is 18.1 Å². The summed E-state index contributed by atoms with van der Waals surface area (Å²) >= 11 is 0. The molecule has 0 saturated heterocycles. The minimum atomic E-state index is -0.384. The average Bonchev–Trinajstić information content (AvgIpc) is 2.35. The Morgan fingerprint density at radius 3 is 2.35 bits per heavy atom. The van der Waals surface area contributed by atoms with Crippen molar-refractivity contribution in [1.29, 1.82) is 0 Å². The van der Waals surface area contributed by atoms with Crippen LogP contribution in [-0.4, -0.2) is 24.6 Å². The van der Waals surface area contributed by atoms with Crippen LogP contribution < -0.4 is 21.5 Å². The van der Waals surface area contributed by atoms with Crippen LogP contribution in [0.3, 0.4) is 0 Å². The molecule has 0 aromatic heterocycles. The Morgan fingerprint density at radius 2 is 1.71 bits per heavy atom. The molecule has 0 bridgehead atoms. The molecule has 1 aliphatic rings. The van der Waals surface area contributed by atoms with Crippen LogP contribution in [0.1, 0.15) is 45.4 Å². The van der Waals surface area contributed by atoms with Crippen LogP contribution in [0.4, 0.5) is 9.59 Å². The number of urea groups is 2. The number of amides is 4. The molecule has 98 valence electrons. The van der Waals surface area contributed by atoms with E-state index < -0.39 is 0 Å². The molecule has 0 aromatic rings. The molecular formula is C11H22N4O2. The Hall–Kier alpha value is -1.46. The van der Waals surface area contributed by atoms with Gasteiger partial charge in [-0.15, -0.1) is 0 Å². The van der Waals surface area contributed by atoms with Crippen LogP contribution in [-0.2, 0) is 0 Å². The molecule has 1 fully saturated rings. The average molecular weight is 242 g/mol. The lowest BCUT2D eigenvalue weighted by molar-refractivity contribution is 0.219. The molecule has 17 heavy (non-hydrogen) atoms. The molecule has 6 heteroatoms. The van der Waals surface area contributed by atoms with Crippen molar-refractivity contribution in [3.8, 4) is 0 Å². The minimum Gasteiger partial charge on any atom is -0.337 e. The fourth-order valence-corrected chi connectivity index (χ4v) is 1.86. The Kier molecular flexibility index (Phi) is 6.21. The summed E-state index contributed by atoms with van der Waals surface area (Å²) in [5.41, 5.74) is 4.62. The van der Waals surface area contributed by atoms with Crippen LogP contribution in [0.15, 0.2) is 0 Å². The third kappa shape index (κ3) is 5.99.